The number of anilines is 1. The van der Waals surface area contributed by atoms with E-state index in [-0.39, 0.29) is 18.2 Å². The van der Waals surface area contributed by atoms with Gasteiger partial charge in [-0.1, -0.05) is 12.1 Å². The van der Waals surface area contributed by atoms with Gasteiger partial charge in [0.05, 0.1) is 23.5 Å². The highest BCUT2D eigenvalue weighted by atomic mass is 16.5. The van der Waals surface area contributed by atoms with E-state index in [9.17, 15) is 9.90 Å². The van der Waals surface area contributed by atoms with Crippen LogP contribution in [0.2, 0.25) is 0 Å². The molecular formula is C17H21N3O3. The van der Waals surface area contributed by atoms with Crippen LogP contribution in [0.1, 0.15) is 35.9 Å². The molecule has 0 aliphatic heterocycles. The lowest BCUT2D eigenvalue weighted by molar-refractivity contribution is 0.100. The van der Waals surface area contributed by atoms with E-state index in [1.807, 2.05) is 32.0 Å². The van der Waals surface area contributed by atoms with Crippen molar-refractivity contribution in [2.24, 2.45) is 5.73 Å². The monoisotopic (exact) mass is 315 g/mol. The third-order valence-electron chi connectivity index (χ3n) is 3.19. The lowest BCUT2D eigenvalue weighted by atomic mass is 10.1. The van der Waals surface area contributed by atoms with Crippen LogP contribution in [0.25, 0.3) is 0 Å². The van der Waals surface area contributed by atoms with Crippen LogP contribution < -0.4 is 15.8 Å². The zero-order chi connectivity index (χ0) is 16.8. The van der Waals surface area contributed by atoms with Crippen molar-refractivity contribution >= 4 is 11.6 Å². The van der Waals surface area contributed by atoms with Crippen molar-refractivity contribution in [2.45, 2.75) is 26.1 Å². The number of benzene rings is 1. The fourth-order valence-corrected chi connectivity index (χ4v) is 2.14. The molecule has 0 saturated carbocycles. The first-order chi connectivity index (χ1) is 11.0. The Morgan fingerprint density at radius 3 is 2.87 bits per heavy atom. The van der Waals surface area contributed by atoms with Gasteiger partial charge >= 0.3 is 0 Å². The molecule has 2 rings (SSSR count). The van der Waals surface area contributed by atoms with Crippen LogP contribution in [0.3, 0.4) is 0 Å². The standard InChI is InChI=1S/C17H21N3O3/c1-11(2)23-13-5-3-4-12(8-13)16(21)10-20-15-6-7-19-9-14(15)17(18)22/h3-9,11,16,21H,10H2,1-2H3,(H2,18,22)(H,19,20). The number of carbonyl (C=O) groups is 1. The molecule has 0 bridgehead atoms. The lowest BCUT2D eigenvalue weighted by Crippen LogP contribution is -2.18. The third kappa shape index (κ3) is 4.69. The van der Waals surface area contributed by atoms with Crippen LogP contribution in [0, 0.1) is 0 Å². The van der Waals surface area contributed by atoms with Crippen molar-refractivity contribution in [2.75, 3.05) is 11.9 Å². The molecule has 1 atom stereocenters. The number of rotatable bonds is 7. The number of nitrogens with one attached hydrogen (secondary N) is 1. The number of nitrogens with two attached hydrogens (primary N) is 1. The number of hydrogen-bond acceptors (Lipinski definition) is 5. The first kappa shape index (κ1) is 16.8. The van der Waals surface area contributed by atoms with Crippen LogP contribution in [0.15, 0.2) is 42.7 Å². The van der Waals surface area contributed by atoms with Crippen LogP contribution in [-0.4, -0.2) is 28.6 Å². The summed E-state index contributed by atoms with van der Waals surface area (Å²) in [4.78, 5) is 15.2. The first-order valence-electron chi connectivity index (χ1n) is 7.39. The maximum atomic E-state index is 11.3. The van der Waals surface area contributed by atoms with Crippen molar-refractivity contribution in [1.82, 2.24) is 4.98 Å². The normalized spacial score (nSPS) is 12.0. The van der Waals surface area contributed by atoms with E-state index in [2.05, 4.69) is 10.3 Å². The largest absolute Gasteiger partial charge is 0.491 e. The Morgan fingerprint density at radius 2 is 2.17 bits per heavy atom. The zero-order valence-corrected chi connectivity index (χ0v) is 13.2. The van der Waals surface area contributed by atoms with E-state index in [1.165, 1.54) is 6.20 Å². The van der Waals surface area contributed by atoms with Crippen molar-refractivity contribution in [3.8, 4) is 5.75 Å². The fourth-order valence-electron chi connectivity index (χ4n) is 2.14. The number of hydrogen-bond donors (Lipinski definition) is 3. The van der Waals surface area contributed by atoms with Gasteiger partial charge in [-0.15, -0.1) is 0 Å². The van der Waals surface area contributed by atoms with Crippen molar-refractivity contribution in [3.05, 3.63) is 53.9 Å². The summed E-state index contributed by atoms with van der Waals surface area (Å²) in [6.45, 7) is 4.12. The molecule has 1 aromatic carbocycles. The van der Waals surface area contributed by atoms with E-state index in [1.54, 1.807) is 18.3 Å². The summed E-state index contributed by atoms with van der Waals surface area (Å²) in [5.74, 6) is 0.140. The SMILES string of the molecule is CC(C)Oc1cccc(C(O)CNc2ccncc2C(N)=O)c1. The van der Waals surface area contributed by atoms with Gasteiger partial charge in [-0.05, 0) is 37.6 Å². The molecule has 1 amide bonds. The number of pyridine rings is 1. The second-order valence-corrected chi connectivity index (χ2v) is 5.42. The summed E-state index contributed by atoms with van der Waals surface area (Å²) in [5.41, 5.74) is 6.86. The Morgan fingerprint density at radius 1 is 1.39 bits per heavy atom. The number of amides is 1. The molecule has 0 fully saturated rings. The summed E-state index contributed by atoms with van der Waals surface area (Å²) in [6.07, 6.45) is 2.27. The molecule has 1 unspecified atom stereocenters. The van der Waals surface area contributed by atoms with Crippen LogP contribution in [0.4, 0.5) is 5.69 Å². The second-order valence-electron chi connectivity index (χ2n) is 5.42. The predicted octanol–water partition coefficient (Wildman–Crippen LogP) is 2.11. The van der Waals surface area contributed by atoms with E-state index < -0.39 is 12.0 Å². The Labute approximate surface area is 135 Å². The number of aliphatic hydroxyl groups is 1. The van der Waals surface area contributed by atoms with Gasteiger partial charge in [0, 0.05) is 18.9 Å². The molecular weight excluding hydrogens is 294 g/mol. The fraction of sp³-hybridized carbons (Fsp3) is 0.294. The van der Waals surface area contributed by atoms with Crippen molar-refractivity contribution < 1.29 is 14.6 Å². The van der Waals surface area contributed by atoms with E-state index >= 15 is 0 Å². The summed E-state index contributed by atoms with van der Waals surface area (Å²) in [6, 6.07) is 8.94. The molecule has 23 heavy (non-hydrogen) atoms. The minimum atomic E-state index is -0.750. The van der Waals surface area contributed by atoms with Crippen molar-refractivity contribution in [3.63, 3.8) is 0 Å². The first-order valence-corrected chi connectivity index (χ1v) is 7.39. The highest BCUT2D eigenvalue weighted by Gasteiger charge is 2.12. The number of carbonyl (C=O) groups excluding carboxylic acids is 1. The molecule has 4 N–H and O–H groups in total. The Hall–Kier alpha value is -2.60. The summed E-state index contributed by atoms with van der Waals surface area (Å²) < 4.78 is 5.62. The number of primary amides is 1. The molecule has 2 aromatic rings. The minimum absolute atomic E-state index is 0.0652. The topological polar surface area (TPSA) is 97.5 Å². The zero-order valence-electron chi connectivity index (χ0n) is 13.2. The maximum Gasteiger partial charge on any atom is 0.252 e. The van der Waals surface area contributed by atoms with Gasteiger partial charge in [-0.2, -0.15) is 0 Å². The molecule has 122 valence electrons. The molecule has 0 spiro atoms. The second kappa shape index (κ2) is 7.60. The molecule has 6 heteroatoms. The molecule has 1 aromatic heterocycles. The van der Waals surface area contributed by atoms with Gasteiger partial charge < -0.3 is 20.9 Å². The van der Waals surface area contributed by atoms with Crippen molar-refractivity contribution in [1.29, 1.82) is 0 Å². The molecule has 0 aliphatic carbocycles. The van der Waals surface area contributed by atoms with E-state index in [0.29, 0.717) is 11.4 Å². The molecule has 6 nitrogen and oxygen atoms in total. The molecule has 0 radical (unpaired) electrons. The van der Waals surface area contributed by atoms with E-state index in [0.717, 1.165) is 5.56 Å². The van der Waals surface area contributed by atoms with Gasteiger partial charge in [-0.3, -0.25) is 9.78 Å². The quantitative estimate of drug-likeness (QED) is 0.727. The highest BCUT2D eigenvalue weighted by molar-refractivity contribution is 5.98. The number of nitrogens with zero attached hydrogens (tertiary/aromatic N) is 1. The lowest BCUT2D eigenvalue weighted by Gasteiger charge is -2.16. The molecule has 0 aliphatic rings. The number of ether oxygens (including phenoxy) is 1. The predicted molar refractivity (Wildman–Crippen MR) is 88.4 cm³/mol. The average molecular weight is 315 g/mol. The summed E-state index contributed by atoms with van der Waals surface area (Å²) >= 11 is 0. The minimum Gasteiger partial charge on any atom is -0.491 e. The van der Waals surface area contributed by atoms with Crippen LogP contribution in [0.5, 0.6) is 5.75 Å². The summed E-state index contributed by atoms with van der Waals surface area (Å²) in [7, 11) is 0. The molecule has 1 heterocycles. The third-order valence-corrected chi connectivity index (χ3v) is 3.19. The van der Waals surface area contributed by atoms with Gasteiger partial charge in [0.1, 0.15) is 5.75 Å². The smallest absolute Gasteiger partial charge is 0.252 e. The number of aromatic nitrogens is 1. The van der Waals surface area contributed by atoms with Crippen LogP contribution in [-0.2, 0) is 0 Å². The summed E-state index contributed by atoms with van der Waals surface area (Å²) in [5, 5.41) is 13.3. The Bertz CT molecular complexity index is 674. The number of aliphatic hydroxyl groups excluding tert-OH is 1. The highest BCUT2D eigenvalue weighted by Crippen LogP contribution is 2.21. The van der Waals surface area contributed by atoms with Gasteiger partial charge in [0.25, 0.3) is 5.91 Å². The molecule has 0 saturated heterocycles. The van der Waals surface area contributed by atoms with Gasteiger partial charge in [0.2, 0.25) is 0 Å². The maximum absolute atomic E-state index is 11.3. The van der Waals surface area contributed by atoms with Gasteiger partial charge in [0.15, 0.2) is 0 Å². The Balaban J connectivity index is 2.05. The Kier molecular flexibility index (Phi) is 5.54. The van der Waals surface area contributed by atoms with E-state index in [4.69, 9.17) is 10.5 Å². The van der Waals surface area contributed by atoms with Crippen LogP contribution >= 0.6 is 0 Å². The van der Waals surface area contributed by atoms with Gasteiger partial charge in [-0.25, -0.2) is 0 Å². The average Bonchev–Trinajstić information content (AvgIpc) is 2.52.